The van der Waals surface area contributed by atoms with Gasteiger partial charge in [0.1, 0.15) is 5.82 Å². The first kappa shape index (κ1) is 22.5. The zero-order valence-corrected chi connectivity index (χ0v) is 19.3. The summed E-state index contributed by atoms with van der Waals surface area (Å²) >= 11 is 0. The summed E-state index contributed by atoms with van der Waals surface area (Å²) in [6, 6.07) is 9.64. The van der Waals surface area contributed by atoms with Gasteiger partial charge in [0.25, 0.3) is 0 Å². The first-order valence-corrected chi connectivity index (χ1v) is 11.9. The van der Waals surface area contributed by atoms with Crippen molar-refractivity contribution in [3.8, 4) is 5.69 Å². The van der Waals surface area contributed by atoms with Gasteiger partial charge in [-0.15, -0.1) is 0 Å². The highest BCUT2D eigenvalue weighted by atomic mass is 16.2. The van der Waals surface area contributed by atoms with E-state index >= 15 is 0 Å². The fourth-order valence-corrected chi connectivity index (χ4v) is 5.33. The number of anilines is 1. The highest BCUT2D eigenvalue weighted by Crippen LogP contribution is 2.51. The number of hydrogen-bond donors (Lipinski definition) is 3. The van der Waals surface area contributed by atoms with Gasteiger partial charge < -0.3 is 16.0 Å². The van der Waals surface area contributed by atoms with Gasteiger partial charge in [0.15, 0.2) is 0 Å². The molecule has 0 radical (unpaired) electrons. The van der Waals surface area contributed by atoms with Gasteiger partial charge in [-0.1, -0.05) is 12.1 Å². The lowest BCUT2D eigenvalue weighted by Crippen LogP contribution is -2.48. The fraction of sp³-hybridized carbons (Fsp3) is 0.500. The van der Waals surface area contributed by atoms with E-state index in [-0.39, 0.29) is 23.7 Å². The van der Waals surface area contributed by atoms with Crippen LogP contribution in [0.2, 0.25) is 0 Å². The summed E-state index contributed by atoms with van der Waals surface area (Å²) < 4.78 is 1.46. The van der Waals surface area contributed by atoms with Crippen molar-refractivity contribution in [2.24, 2.45) is 23.5 Å². The molecule has 2 unspecified atom stereocenters. The van der Waals surface area contributed by atoms with Gasteiger partial charge in [0.2, 0.25) is 5.91 Å². The zero-order valence-electron chi connectivity index (χ0n) is 19.3. The molecule has 0 bridgehead atoms. The number of fused-ring (bicyclic) bond motifs is 1. The number of nitrogens with one attached hydrogen (secondary N) is 2. The third kappa shape index (κ3) is 4.55. The molecule has 5 rings (SSSR count). The van der Waals surface area contributed by atoms with Gasteiger partial charge >= 0.3 is 11.7 Å². The summed E-state index contributed by atoms with van der Waals surface area (Å²) in [6.45, 7) is 6.85. The summed E-state index contributed by atoms with van der Waals surface area (Å²) in [5, 5.41) is 5.90. The molecule has 34 heavy (non-hydrogen) atoms. The number of aromatic nitrogens is 2. The quantitative estimate of drug-likeness (QED) is 0.562. The molecule has 3 aliphatic rings. The van der Waals surface area contributed by atoms with Gasteiger partial charge in [0, 0.05) is 57.4 Å². The molecule has 10 nitrogen and oxygen atoms in total. The highest BCUT2D eigenvalue weighted by Gasteiger charge is 2.58. The van der Waals surface area contributed by atoms with Crippen LogP contribution < -0.4 is 22.1 Å². The minimum absolute atomic E-state index is 0.0800. The number of piperidine rings is 1. The molecule has 3 heterocycles. The lowest BCUT2D eigenvalue weighted by atomic mass is 10.0. The molecule has 10 heteroatoms. The normalized spacial score (nSPS) is 25.0. The van der Waals surface area contributed by atoms with Crippen LogP contribution in [0.4, 0.5) is 10.6 Å². The van der Waals surface area contributed by atoms with E-state index in [0.29, 0.717) is 31.0 Å². The van der Waals surface area contributed by atoms with Crippen LogP contribution >= 0.6 is 0 Å². The summed E-state index contributed by atoms with van der Waals surface area (Å²) in [7, 11) is 0. The molecular weight excluding hydrogens is 434 g/mol. The first-order valence-electron chi connectivity index (χ1n) is 11.9. The molecule has 2 saturated heterocycles. The van der Waals surface area contributed by atoms with Crippen LogP contribution in [-0.4, -0.2) is 76.6 Å². The summed E-state index contributed by atoms with van der Waals surface area (Å²) in [5.74, 6) is 1.05. The van der Waals surface area contributed by atoms with Crippen molar-refractivity contribution in [2.75, 3.05) is 44.6 Å². The molecule has 1 aliphatic carbocycles. The Bertz CT molecular complexity index is 1110. The molecule has 1 aromatic heterocycles. The summed E-state index contributed by atoms with van der Waals surface area (Å²) in [6.07, 6.45) is 2.52. The average molecular weight is 466 g/mol. The van der Waals surface area contributed by atoms with Crippen molar-refractivity contribution < 1.29 is 9.59 Å². The van der Waals surface area contributed by atoms with Gasteiger partial charge in [-0.3, -0.25) is 19.6 Å². The largest absolute Gasteiger partial charge is 0.369 e. The minimum atomic E-state index is -0.445. The monoisotopic (exact) mass is 465 g/mol. The maximum absolute atomic E-state index is 12.6. The summed E-state index contributed by atoms with van der Waals surface area (Å²) in [4.78, 5) is 44.5. The smallest absolute Gasteiger partial charge is 0.354 e. The number of primary amides is 1. The van der Waals surface area contributed by atoms with E-state index in [4.69, 9.17) is 5.73 Å². The third-order valence-corrected chi connectivity index (χ3v) is 7.36. The van der Waals surface area contributed by atoms with Crippen molar-refractivity contribution in [2.45, 2.75) is 19.4 Å². The van der Waals surface area contributed by atoms with Crippen LogP contribution in [0.5, 0.6) is 0 Å². The Kier molecular flexibility index (Phi) is 6.09. The number of rotatable bonds is 6. The Morgan fingerprint density at radius 2 is 1.82 bits per heavy atom. The number of benzene rings is 1. The molecule has 4 atom stereocenters. The number of urea groups is 1. The molecule has 0 spiro atoms. The number of nitrogens with two attached hydrogens (primary N) is 1. The molecule has 1 aromatic carbocycles. The van der Waals surface area contributed by atoms with Crippen LogP contribution in [0.3, 0.4) is 0 Å². The second-order valence-corrected chi connectivity index (χ2v) is 9.56. The van der Waals surface area contributed by atoms with Crippen LogP contribution in [0.15, 0.2) is 41.3 Å². The number of hydrogen-bond acceptors (Lipinski definition) is 6. The van der Waals surface area contributed by atoms with Crippen molar-refractivity contribution in [3.05, 3.63) is 52.6 Å². The molecule has 3 fully saturated rings. The van der Waals surface area contributed by atoms with Gasteiger partial charge in [-0.2, -0.15) is 4.98 Å². The number of carbonyl (C=O) groups excluding carboxylic acids is 2. The standard InChI is InChI=1S/C24H31N7O3/c1-15(30-13-18-19(14-30)21(18)22(25)32)12-16-2-4-17(5-3-16)31-9-6-20(28-24(31)34)27-23(33)29-10-7-26-8-11-29/h2-6,9,15,18-19,21,26H,7-8,10-14H2,1H3,(H2,25,32)(H,27,28,33,34)/t15?,18-,19+,21?. The van der Waals surface area contributed by atoms with Crippen molar-refractivity contribution in [1.29, 1.82) is 0 Å². The Hall–Kier alpha value is -3.24. The van der Waals surface area contributed by atoms with Crippen molar-refractivity contribution in [3.63, 3.8) is 0 Å². The van der Waals surface area contributed by atoms with E-state index in [1.54, 1.807) is 17.2 Å². The molecule has 4 N–H and O–H groups in total. The van der Waals surface area contributed by atoms with E-state index in [0.717, 1.165) is 38.3 Å². The maximum atomic E-state index is 12.6. The van der Waals surface area contributed by atoms with E-state index in [1.807, 2.05) is 24.3 Å². The lowest BCUT2D eigenvalue weighted by molar-refractivity contribution is -0.120. The molecule has 3 amide bonds. The Balaban J connectivity index is 1.18. The lowest BCUT2D eigenvalue weighted by Gasteiger charge is -2.27. The Morgan fingerprint density at radius 1 is 1.15 bits per heavy atom. The van der Waals surface area contributed by atoms with Crippen LogP contribution in [0.25, 0.3) is 5.69 Å². The highest BCUT2D eigenvalue weighted by molar-refractivity contribution is 5.88. The van der Waals surface area contributed by atoms with Crippen LogP contribution in [-0.2, 0) is 11.2 Å². The Morgan fingerprint density at radius 3 is 2.44 bits per heavy atom. The van der Waals surface area contributed by atoms with Crippen LogP contribution in [0.1, 0.15) is 12.5 Å². The van der Waals surface area contributed by atoms with Crippen molar-refractivity contribution in [1.82, 2.24) is 24.7 Å². The molecular formula is C24H31N7O3. The zero-order chi connectivity index (χ0) is 23.8. The van der Waals surface area contributed by atoms with Gasteiger partial charge in [-0.25, -0.2) is 9.59 Å². The SMILES string of the molecule is CC(Cc1ccc(-n2ccc(NC(=O)N3CCNCC3)nc2=O)cc1)N1C[C@@H]2C(C(N)=O)[C@@H]2C1. The molecule has 2 aromatic rings. The molecule has 2 aliphatic heterocycles. The molecule has 1 saturated carbocycles. The molecule has 180 valence electrons. The summed E-state index contributed by atoms with van der Waals surface area (Å²) in [5.41, 5.74) is 6.92. The van der Waals surface area contributed by atoms with Gasteiger partial charge in [-0.05, 0) is 48.9 Å². The number of likely N-dealkylation sites (tertiary alicyclic amines) is 1. The number of amides is 3. The first-order chi connectivity index (χ1) is 16.4. The van der Waals surface area contributed by atoms with Crippen LogP contribution in [0, 0.1) is 17.8 Å². The predicted molar refractivity (Wildman–Crippen MR) is 128 cm³/mol. The number of carbonyl (C=O) groups is 2. The van der Waals surface area contributed by atoms with E-state index in [1.165, 1.54) is 10.1 Å². The van der Waals surface area contributed by atoms with Crippen molar-refractivity contribution >= 4 is 17.8 Å². The predicted octanol–water partition coefficient (Wildman–Crippen LogP) is 0.264. The van der Waals surface area contributed by atoms with E-state index in [2.05, 4.69) is 27.4 Å². The second-order valence-electron chi connectivity index (χ2n) is 9.56. The topological polar surface area (TPSA) is 126 Å². The van der Waals surface area contributed by atoms with E-state index < -0.39 is 5.69 Å². The number of piperazine rings is 1. The fourth-order valence-electron chi connectivity index (χ4n) is 5.33. The Labute approximate surface area is 198 Å². The number of nitrogens with zero attached hydrogens (tertiary/aromatic N) is 4. The van der Waals surface area contributed by atoms with E-state index in [9.17, 15) is 14.4 Å². The maximum Gasteiger partial charge on any atom is 0.354 e. The third-order valence-electron chi connectivity index (χ3n) is 7.36. The second kappa shape index (κ2) is 9.19. The minimum Gasteiger partial charge on any atom is -0.369 e. The average Bonchev–Trinajstić information content (AvgIpc) is 3.35. The van der Waals surface area contributed by atoms with Gasteiger partial charge in [0.05, 0.1) is 5.69 Å².